The minimum absolute atomic E-state index is 0.0222. The van der Waals surface area contributed by atoms with Gasteiger partial charge >= 0.3 is 0 Å². The molecule has 0 unspecified atom stereocenters. The van der Waals surface area contributed by atoms with Crippen molar-refractivity contribution in [2.45, 2.75) is 64.7 Å². The number of amides is 2. The van der Waals surface area contributed by atoms with Crippen LogP contribution in [0.15, 0.2) is 85.3 Å². The number of hydrogen-bond donors (Lipinski definition) is 1. The van der Waals surface area contributed by atoms with E-state index in [1.165, 1.54) is 0 Å². The topological polar surface area (TPSA) is 62.3 Å². The fourth-order valence-electron chi connectivity index (χ4n) is 3.95. The summed E-state index contributed by atoms with van der Waals surface area (Å²) in [5, 5.41) is 3.04. The second-order valence-electron chi connectivity index (χ2n) is 9.05. The number of carbonyl (C=O) groups excluding carboxylic acids is 2. The van der Waals surface area contributed by atoms with E-state index in [1.54, 1.807) is 24.5 Å². The lowest BCUT2D eigenvalue weighted by Crippen LogP contribution is -2.33. The third-order valence-electron chi connectivity index (χ3n) is 6.00. The number of rotatable bonds is 16. The summed E-state index contributed by atoms with van der Waals surface area (Å²) in [4.78, 5) is 30.5. The minimum atomic E-state index is 0.0222. The molecule has 0 radical (unpaired) electrons. The summed E-state index contributed by atoms with van der Waals surface area (Å²) < 4.78 is 0. The highest BCUT2D eigenvalue weighted by Crippen LogP contribution is 2.18. The van der Waals surface area contributed by atoms with Crippen LogP contribution in [-0.4, -0.2) is 41.3 Å². The van der Waals surface area contributed by atoms with Gasteiger partial charge in [0.25, 0.3) is 5.91 Å². The van der Waals surface area contributed by atoms with Crippen LogP contribution < -0.4 is 5.32 Å². The molecule has 1 atom stereocenters. The van der Waals surface area contributed by atoms with Crippen LogP contribution >= 0.6 is 0 Å². The summed E-state index contributed by atoms with van der Waals surface area (Å²) in [6.07, 6.45) is 33.4. The van der Waals surface area contributed by atoms with E-state index < -0.39 is 0 Å². The molecule has 2 heterocycles. The fourth-order valence-corrected chi connectivity index (χ4v) is 3.95. The van der Waals surface area contributed by atoms with E-state index in [0.29, 0.717) is 31.0 Å². The normalized spacial score (nSPS) is 16.5. The second-order valence-corrected chi connectivity index (χ2v) is 9.05. The molecule has 194 valence electrons. The van der Waals surface area contributed by atoms with Crippen LogP contribution in [-0.2, 0) is 4.79 Å². The van der Waals surface area contributed by atoms with Gasteiger partial charge in [0, 0.05) is 38.4 Å². The number of unbranched alkanes of at least 4 members (excludes halogenated alkanes) is 1. The Labute approximate surface area is 217 Å². The molecule has 1 N–H and O–H groups in total. The van der Waals surface area contributed by atoms with Crippen LogP contribution in [0, 0.1) is 5.92 Å². The monoisotopic (exact) mass is 489 g/mol. The first-order chi connectivity index (χ1) is 17.7. The van der Waals surface area contributed by atoms with Crippen molar-refractivity contribution < 1.29 is 9.59 Å². The van der Waals surface area contributed by atoms with Gasteiger partial charge in [-0.3, -0.25) is 14.6 Å². The maximum atomic E-state index is 12.5. The van der Waals surface area contributed by atoms with Crippen molar-refractivity contribution in [2.24, 2.45) is 5.92 Å². The number of nitrogens with zero attached hydrogens (tertiary/aromatic N) is 2. The van der Waals surface area contributed by atoms with E-state index in [1.807, 2.05) is 4.90 Å². The summed E-state index contributed by atoms with van der Waals surface area (Å²) in [6, 6.07) is 3.57. The Bertz CT molecular complexity index is 900. The minimum Gasteiger partial charge on any atom is -0.356 e. The molecule has 2 amide bonds. The van der Waals surface area contributed by atoms with E-state index in [2.05, 4.69) is 78.0 Å². The summed E-state index contributed by atoms with van der Waals surface area (Å²) >= 11 is 0. The zero-order valence-electron chi connectivity index (χ0n) is 21.9. The van der Waals surface area contributed by atoms with Gasteiger partial charge < -0.3 is 10.2 Å². The molecule has 1 aromatic rings. The Morgan fingerprint density at radius 2 is 1.61 bits per heavy atom. The van der Waals surface area contributed by atoms with Gasteiger partial charge in [0.15, 0.2) is 0 Å². The highest BCUT2D eigenvalue weighted by atomic mass is 16.2. The lowest BCUT2D eigenvalue weighted by atomic mass is 10.1. The van der Waals surface area contributed by atoms with E-state index in [0.717, 1.165) is 57.9 Å². The van der Waals surface area contributed by atoms with E-state index in [4.69, 9.17) is 0 Å². The van der Waals surface area contributed by atoms with Crippen LogP contribution in [0.5, 0.6) is 0 Å². The van der Waals surface area contributed by atoms with Gasteiger partial charge in [0.1, 0.15) is 0 Å². The Kier molecular flexibility index (Phi) is 15.3. The van der Waals surface area contributed by atoms with Gasteiger partial charge in [0.2, 0.25) is 5.91 Å². The van der Waals surface area contributed by atoms with Crippen molar-refractivity contribution >= 4 is 11.8 Å². The lowest BCUT2D eigenvalue weighted by molar-refractivity contribution is -0.121. The number of hydrogen-bond acceptors (Lipinski definition) is 3. The number of pyridine rings is 1. The Balaban J connectivity index is 1.45. The number of allylic oxidation sites excluding steroid dienone is 10. The van der Waals surface area contributed by atoms with E-state index >= 15 is 0 Å². The molecule has 36 heavy (non-hydrogen) atoms. The number of nitrogens with one attached hydrogen (secondary N) is 1. The van der Waals surface area contributed by atoms with Crippen molar-refractivity contribution in [2.75, 3.05) is 19.6 Å². The average molecular weight is 490 g/mol. The number of likely N-dealkylation sites (tertiary alicyclic amines) is 1. The molecule has 0 aromatic carbocycles. The molecule has 2 rings (SSSR count). The van der Waals surface area contributed by atoms with Crippen LogP contribution in [0.2, 0.25) is 0 Å². The van der Waals surface area contributed by atoms with Gasteiger partial charge in [-0.25, -0.2) is 0 Å². The number of aromatic nitrogens is 1. The van der Waals surface area contributed by atoms with Gasteiger partial charge in [-0.2, -0.15) is 0 Å². The number of carbonyl (C=O) groups is 2. The Morgan fingerprint density at radius 1 is 0.972 bits per heavy atom. The SMILES string of the molecule is CCC=CCC=CCC=CCC=CCC=CCCCC(=O)NC[C@H]1CCN(C(=O)c2cccnc2)C1. The molecule has 1 aliphatic rings. The maximum absolute atomic E-state index is 12.5. The second kappa shape index (κ2) is 19.0. The summed E-state index contributed by atoms with van der Waals surface area (Å²) in [6.45, 7) is 4.21. The molecule has 1 fully saturated rings. The summed E-state index contributed by atoms with van der Waals surface area (Å²) in [7, 11) is 0. The smallest absolute Gasteiger partial charge is 0.255 e. The summed E-state index contributed by atoms with van der Waals surface area (Å²) in [5.41, 5.74) is 0.622. The molecule has 0 aliphatic carbocycles. The first kappa shape index (κ1) is 29.0. The molecule has 1 aromatic heterocycles. The van der Waals surface area contributed by atoms with Gasteiger partial charge in [-0.1, -0.05) is 67.7 Å². The summed E-state index contributed by atoms with van der Waals surface area (Å²) in [5.74, 6) is 0.439. The predicted molar refractivity (Wildman–Crippen MR) is 150 cm³/mol. The quantitative estimate of drug-likeness (QED) is 0.211. The average Bonchev–Trinajstić information content (AvgIpc) is 3.38. The first-order valence-electron chi connectivity index (χ1n) is 13.4. The van der Waals surface area contributed by atoms with Crippen molar-refractivity contribution in [1.29, 1.82) is 0 Å². The zero-order chi connectivity index (χ0) is 25.7. The Hall–Kier alpha value is -3.21. The molecule has 1 aliphatic heterocycles. The first-order valence-corrected chi connectivity index (χ1v) is 13.4. The third kappa shape index (κ3) is 13.0. The molecule has 1 saturated heterocycles. The van der Waals surface area contributed by atoms with Crippen LogP contribution in [0.1, 0.15) is 75.1 Å². The van der Waals surface area contributed by atoms with Gasteiger partial charge in [-0.15, -0.1) is 0 Å². The molecular weight excluding hydrogens is 446 g/mol. The fraction of sp³-hybridized carbons (Fsp3) is 0.452. The Morgan fingerprint density at radius 3 is 2.22 bits per heavy atom. The van der Waals surface area contributed by atoms with Gasteiger partial charge in [-0.05, 0) is 69.4 Å². The molecule has 0 saturated carbocycles. The molecule has 5 heteroatoms. The van der Waals surface area contributed by atoms with E-state index in [9.17, 15) is 9.59 Å². The predicted octanol–water partition coefficient (Wildman–Crippen LogP) is 6.58. The van der Waals surface area contributed by atoms with Crippen molar-refractivity contribution in [3.05, 3.63) is 90.9 Å². The van der Waals surface area contributed by atoms with Crippen molar-refractivity contribution in [3.63, 3.8) is 0 Å². The lowest BCUT2D eigenvalue weighted by Gasteiger charge is -2.16. The molecule has 0 bridgehead atoms. The van der Waals surface area contributed by atoms with Crippen molar-refractivity contribution in [3.8, 4) is 0 Å². The molecule has 0 spiro atoms. The largest absolute Gasteiger partial charge is 0.356 e. The van der Waals surface area contributed by atoms with Gasteiger partial charge in [0.05, 0.1) is 5.56 Å². The highest BCUT2D eigenvalue weighted by molar-refractivity contribution is 5.94. The van der Waals surface area contributed by atoms with Crippen LogP contribution in [0.25, 0.3) is 0 Å². The molecular formula is C31H43N3O2. The molecule has 5 nitrogen and oxygen atoms in total. The highest BCUT2D eigenvalue weighted by Gasteiger charge is 2.27. The van der Waals surface area contributed by atoms with Crippen molar-refractivity contribution in [1.82, 2.24) is 15.2 Å². The van der Waals surface area contributed by atoms with Crippen LogP contribution in [0.3, 0.4) is 0 Å². The zero-order valence-corrected chi connectivity index (χ0v) is 21.9. The van der Waals surface area contributed by atoms with Crippen LogP contribution in [0.4, 0.5) is 0 Å². The maximum Gasteiger partial charge on any atom is 0.255 e. The third-order valence-corrected chi connectivity index (χ3v) is 6.00. The van der Waals surface area contributed by atoms with E-state index in [-0.39, 0.29) is 11.8 Å². The standard InChI is InChI=1S/C31H43N3O2/c1-2-3-4-5-6-7-8-9-10-11-12-13-14-15-16-17-18-21-30(35)33-25-28-22-24-34(27-28)31(36)29-20-19-23-32-26-29/h3-4,6-7,9-10,12-13,15-16,19-20,23,26,28H,2,5,8,11,14,17-18,21-22,24-25,27H2,1H3,(H,33,35)/t28-/m1/s1.